The third kappa shape index (κ3) is 2.89. The molecule has 110 valence electrons. The van der Waals surface area contributed by atoms with Gasteiger partial charge >= 0.3 is 0 Å². The van der Waals surface area contributed by atoms with E-state index in [0.717, 1.165) is 22.3 Å². The first-order valence-corrected chi connectivity index (χ1v) is 7.51. The number of nitrogens with two attached hydrogens (primary N) is 2. The normalized spacial score (nSPS) is 10.6. The summed E-state index contributed by atoms with van der Waals surface area (Å²) in [6, 6.07) is 19.1. The average Bonchev–Trinajstić information content (AvgIpc) is 2.48. The smallest absolute Gasteiger partial charge is 0.0426 e. The van der Waals surface area contributed by atoms with E-state index >= 15 is 0 Å². The Morgan fingerprint density at radius 3 is 1.23 bits per heavy atom. The highest BCUT2D eigenvalue weighted by Gasteiger charge is 2.06. The summed E-state index contributed by atoms with van der Waals surface area (Å²) in [5.41, 5.74) is 17.3. The van der Waals surface area contributed by atoms with Crippen LogP contribution in [0.3, 0.4) is 0 Å². The Hall–Kier alpha value is -2.16. The highest BCUT2D eigenvalue weighted by atomic mass is 35.5. The Balaban J connectivity index is 1.99. The molecule has 3 aromatic carbocycles. The van der Waals surface area contributed by atoms with Crippen LogP contribution in [0.5, 0.6) is 0 Å². The third-order valence-corrected chi connectivity index (χ3v) is 4.00. The minimum atomic E-state index is 0.631. The summed E-state index contributed by atoms with van der Waals surface area (Å²) < 4.78 is 0. The maximum Gasteiger partial charge on any atom is 0.0426 e. The van der Waals surface area contributed by atoms with Crippen molar-refractivity contribution in [2.24, 2.45) is 0 Å². The molecule has 4 heteroatoms. The summed E-state index contributed by atoms with van der Waals surface area (Å²) >= 11 is 11.9. The molecule has 0 spiro atoms. The molecular weight excluding hydrogens is 315 g/mol. The highest BCUT2D eigenvalue weighted by Crippen LogP contribution is 2.32. The number of hydrogen-bond donors (Lipinski definition) is 2. The van der Waals surface area contributed by atoms with E-state index in [1.807, 2.05) is 48.5 Å². The van der Waals surface area contributed by atoms with Gasteiger partial charge in [0.25, 0.3) is 0 Å². The van der Waals surface area contributed by atoms with Gasteiger partial charge in [0.1, 0.15) is 0 Å². The van der Waals surface area contributed by atoms with Gasteiger partial charge < -0.3 is 11.5 Å². The average molecular weight is 329 g/mol. The van der Waals surface area contributed by atoms with E-state index in [9.17, 15) is 0 Å². The SMILES string of the molecule is Nc1cc(Cl)ccc1-c1ccc(-c2ccc(Cl)cc2N)cc1. The van der Waals surface area contributed by atoms with Crippen LogP contribution < -0.4 is 11.5 Å². The number of anilines is 2. The minimum Gasteiger partial charge on any atom is -0.398 e. The Labute approximate surface area is 139 Å². The molecule has 0 saturated heterocycles. The predicted octanol–water partition coefficient (Wildman–Crippen LogP) is 5.49. The molecule has 0 fully saturated rings. The Morgan fingerprint density at radius 2 is 0.909 bits per heavy atom. The number of halogens is 2. The summed E-state index contributed by atoms with van der Waals surface area (Å²) in [7, 11) is 0. The second-order valence-corrected chi connectivity index (χ2v) is 5.91. The van der Waals surface area contributed by atoms with Crippen molar-refractivity contribution in [2.45, 2.75) is 0 Å². The van der Waals surface area contributed by atoms with Gasteiger partial charge in [0.15, 0.2) is 0 Å². The first-order valence-electron chi connectivity index (χ1n) is 6.75. The van der Waals surface area contributed by atoms with Gasteiger partial charge in [0, 0.05) is 32.5 Å². The Kier molecular flexibility index (Phi) is 3.97. The van der Waals surface area contributed by atoms with E-state index in [1.165, 1.54) is 0 Å². The summed E-state index contributed by atoms with van der Waals surface area (Å²) in [4.78, 5) is 0. The van der Waals surface area contributed by atoms with E-state index in [2.05, 4.69) is 0 Å². The molecule has 0 unspecified atom stereocenters. The monoisotopic (exact) mass is 328 g/mol. The van der Waals surface area contributed by atoms with Gasteiger partial charge in [-0.25, -0.2) is 0 Å². The molecule has 0 amide bonds. The Bertz CT molecular complexity index is 756. The lowest BCUT2D eigenvalue weighted by atomic mass is 9.98. The van der Waals surface area contributed by atoms with Crippen molar-refractivity contribution >= 4 is 34.6 Å². The molecule has 0 atom stereocenters. The second kappa shape index (κ2) is 5.91. The third-order valence-electron chi connectivity index (χ3n) is 3.53. The van der Waals surface area contributed by atoms with E-state index in [4.69, 9.17) is 34.7 Å². The molecule has 2 nitrogen and oxygen atoms in total. The van der Waals surface area contributed by atoms with Crippen LogP contribution in [0, 0.1) is 0 Å². The summed E-state index contributed by atoms with van der Waals surface area (Å²) in [5.74, 6) is 0. The lowest BCUT2D eigenvalue weighted by molar-refractivity contribution is 1.58. The van der Waals surface area contributed by atoms with Gasteiger partial charge in [-0.15, -0.1) is 0 Å². The second-order valence-electron chi connectivity index (χ2n) is 5.04. The van der Waals surface area contributed by atoms with Gasteiger partial charge in [0.2, 0.25) is 0 Å². The van der Waals surface area contributed by atoms with Crippen molar-refractivity contribution in [3.8, 4) is 22.3 Å². The molecule has 0 radical (unpaired) electrons. The highest BCUT2D eigenvalue weighted by molar-refractivity contribution is 6.31. The molecule has 0 bridgehead atoms. The zero-order chi connectivity index (χ0) is 15.7. The van der Waals surface area contributed by atoms with Crippen LogP contribution in [0.25, 0.3) is 22.3 Å². The summed E-state index contributed by atoms with van der Waals surface area (Å²) in [6.07, 6.45) is 0. The van der Waals surface area contributed by atoms with E-state index < -0.39 is 0 Å². The quantitative estimate of drug-likeness (QED) is 0.611. The minimum absolute atomic E-state index is 0.631. The molecule has 22 heavy (non-hydrogen) atoms. The molecule has 0 saturated carbocycles. The largest absolute Gasteiger partial charge is 0.398 e. The van der Waals surface area contributed by atoms with Crippen LogP contribution in [0.4, 0.5) is 11.4 Å². The first kappa shape index (κ1) is 14.8. The number of benzene rings is 3. The van der Waals surface area contributed by atoms with Gasteiger partial charge in [-0.2, -0.15) is 0 Å². The van der Waals surface area contributed by atoms with E-state index in [1.54, 1.807) is 12.1 Å². The van der Waals surface area contributed by atoms with Crippen molar-refractivity contribution in [3.63, 3.8) is 0 Å². The zero-order valence-corrected chi connectivity index (χ0v) is 13.2. The van der Waals surface area contributed by atoms with E-state index in [0.29, 0.717) is 21.4 Å². The number of nitrogen functional groups attached to an aromatic ring is 2. The number of hydrogen-bond acceptors (Lipinski definition) is 2. The molecule has 0 aliphatic rings. The molecule has 4 N–H and O–H groups in total. The molecule has 3 aromatic rings. The zero-order valence-electron chi connectivity index (χ0n) is 11.7. The number of rotatable bonds is 2. The lowest BCUT2D eigenvalue weighted by Crippen LogP contribution is -1.91. The fourth-order valence-electron chi connectivity index (χ4n) is 2.42. The Morgan fingerprint density at radius 1 is 0.545 bits per heavy atom. The van der Waals surface area contributed by atoms with E-state index in [-0.39, 0.29) is 0 Å². The fourth-order valence-corrected chi connectivity index (χ4v) is 2.78. The first-order chi connectivity index (χ1) is 10.5. The van der Waals surface area contributed by atoms with Gasteiger partial charge in [-0.3, -0.25) is 0 Å². The van der Waals surface area contributed by atoms with Crippen LogP contribution >= 0.6 is 23.2 Å². The maximum absolute atomic E-state index is 6.02. The van der Waals surface area contributed by atoms with Crippen LogP contribution in [-0.2, 0) is 0 Å². The standard InChI is InChI=1S/C18H14Cl2N2/c19-13-5-7-15(17(21)9-13)11-1-2-12(4-3-11)16-8-6-14(20)10-18(16)22/h1-10H,21-22H2. The molecule has 0 aliphatic carbocycles. The van der Waals surface area contributed by atoms with Crippen LogP contribution in [0.15, 0.2) is 60.7 Å². The predicted molar refractivity (Wildman–Crippen MR) is 96.2 cm³/mol. The van der Waals surface area contributed by atoms with Crippen LogP contribution in [0.2, 0.25) is 10.0 Å². The molecule has 0 aliphatic heterocycles. The fraction of sp³-hybridized carbons (Fsp3) is 0. The molecule has 0 heterocycles. The lowest BCUT2D eigenvalue weighted by Gasteiger charge is -2.09. The topological polar surface area (TPSA) is 52.0 Å². The van der Waals surface area contributed by atoms with Crippen molar-refractivity contribution < 1.29 is 0 Å². The summed E-state index contributed by atoms with van der Waals surface area (Å²) in [6.45, 7) is 0. The van der Waals surface area contributed by atoms with Gasteiger partial charge in [-0.05, 0) is 35.4 Å². The van der Waals surface area contributed by atoms with Crippen LogP contribution in [-0.4, -0.2) is 0 Å². The van der Waals surface area contributed by atoms with Gasteiger partial charge in [-0.1, -0.05) is 59.6 Å². The molecular formula is C18H14Cl2N2. The van der Waals surface area contributed by atoms with Crippen molar-refractivity contribution in [1.82, 2.24) is 0 Å². The van der Waals surface area contributed by atoms with Gasteiger partial charge in [0.05, 0.1) is 0 Å². The molecule has 0 aromatic heterocycles. The van der Waals surface area contributed by atoms with Crippen molar-refractivity contribution in [3.05, 3.63) is 70.7 Å². The molecule has 3 rings (SSSR count). The van der Waals surface area contributed by atoms with Crippen molar-refractivity contribution in [2.75, 3.05) is 11.5 Å². The maximum atomic E-state index is 6.02. The van der Waals surface area contributed by atoms with Crippen molar-refractivity contribution in [1.29, 1.82) is 0 Å². The van der Waals surface area contributed by atoms with Crippen LogP contribution in [0.1, 0.15) is 0 Å². The summed E-state index contributed by atoms with van der Waals surface area (Å²) in [5, 5.41) is 1.26.